The van der Waals surface area contributed by atoms with E-state index >= 15 is 0 Å². The molecule has 0 amide bonds. The summed E-state index contributed by atoms with van der Waals surface area (Å²) in [6.45, 7) is 0. The molecule has 20 heavy (non-hydrogen) atoms. The van der Waals surface area contributed by atoms with Crippen LogP contribution >= 0.6 is 11.6 Å². The highest BCUT2D eigenvalue weighted by Crippen LogP contribution is 2.21. The lowest BCUT2D eigenvalue weighted by molar-refractivity contribution is 0.599. The second kappa shape index (κ2) is 6.73. The molecule has 2 nitrogen and oxygen atoms in total. The minimum absolute atomic E-state index is 0.0479. The number of alkyl halides is 1. The van der Waals surface area contributed by atoms with Crippen molar-refractivity contribution in [3.8, 4) is 0 Å². The Morgan fingerprint density at radius 3 is 2.05 bits per heavy atom. The Balaban J connectivity index is 2.33. The number of benzene rings is 2. The molecule has 4 heteroatoms. The Morgan fingerprint density at radius 2 is 1.50 bits per heavy atom. The Morgan fingerprint density at radius 1 is 0.950 bits per heavy atom. The minimum Gasteiger partial charge on any atom is -0.223 e. The number of hydrogen-bond donors (Lipinski definition) is 0. The molecule has 0 aliphatic heterocycles. The summed E-state index contributed by atoms with van der Waals surface area (Å²) >= 11 is 5.75. The molecule has 0 atom stereocenters. The summed E-state index contributed by atoms with van der Waals surface area (Å²) in [5, 5.41) is 0. The van der Waals surface area contributed by atoms with Gasteiger partial charge in [0, 0.05) is 5.88 Å². The maximum absolute atomic E-state index is 12.4. The van der Waals surface area contributed by atoms with Crippen LogP contribution in [0.4, 0.5) is 0 Å². The van der Waals surface area contributed by atoms with Gasteiger partial charge in [-0.2, -0.15) is 0 Å². The third-order valence-electron chi connectivity index (χ3n) is 2.92. The molecule has 2 rings (SSSR count). The van der Waals surface area contributed by atoms with Gasteiger partial charge in [0.25, 0.3) is 0 Å². The van der Waals surface area contributed by atoms with E-state index < -0.39 is 9.84 Å². The maximum atomic E-state index is 12.4. The van der Waals surface area contributed by atoms with Gasteiger partial charge in [-0.1, -0.05) is 54.6 Å². The third kappa shape index (κ3) is 3.71. The molecule has 2 aromatic rings. The van der Waals surface area contributed by atoms with Gasteiger partial charge in [0.05, 0.1) is 10.6 Å². The second-order valence-electron chi connectivity index (χ2n) is 4.32. The lowest BCUT2D eigenvalue weighted by atomic mass is 10.1. The van der Waals surface area contributed by atoms with Crippen molar-refractivity contribution in [1.82, 2.24) is 0 Å². The largest absolute Gasteiger partial charge is 0.223 e. The number of halogens is 1. The summed E-state index contributed by atoms with van der Waals surface area (Å²) in [5.74, 6) is 0.238. The summed E-state index contributed by atoms with van der Waals surface area (Å²) in [5.41, 5.74) is 1.61. The van der Waals surface area contributed by atoms with Gasteiger partial charge in [-0.05, 0) is 23.3 Å². The maximum Gasteiger partial charge on any atom is 0.182 e. The topological polar surface area (TPSA) is 34.1 Å². The molecule has 0 saturated heterocycles. The molecular formula is C16H15ClO2S. The van der Waals surface area contributed by atoms with E-state index in [9.17, 15) is 8.42 Å². The first-order chi connectivity index (χ1) is 9.63. The van der Waals surface area contributed by atoms with E-state index in [1.807, 2.05) is 30.3 Å². The summed E-state index contributed by atoms with van der Waals surface area (Å²) in [7, 11) is -3.36. The van der Waals surface area contributed by atoms with Crippen molar-refractivity contribution in [3.05, 3.63) is 72.3 Å². The molecule has 0 radical (unpaired) electrons. The van der Waals surface area contributed by atoms with Crippen LogP contribution in [0.15, 0.2) is 71.6 Å². The Kier molecular flexibility index (Phi) is 4.99. The minimum atomic E-state index is -3.36. The van der Waals surface area contributed by atoms with Crippen molar-refractivity contribution in [2.24, 2.45) is 0 Å². The zero-order valence-electron chi connectivity index (χ0n) is 10.9. The molecule has 0 heterocycles. The van der Waals surface area contributed by atoms with Crippen molar-refractivity contribution < 1.29 is 8.42 Å². The number of rotatable bonds is 5. The average molecular weight is 307 g/mol. The quantitative estimate of drug-likeness (QED) is 0.788. The van der Waals surface area contributed by atoms with Crippen LogP contribution < -0.4 is 0 Å². The normalized spacial score (nSPS) is 12.3. The fraction of sp³-hybridized carbons (Fsp3) is 0.125. The summed E-state index contributed by atoms with van der Waals surface area (Å²) in [4.78, 5) is 0.330. The highest BCUT2D eigenvalue weighted by atomic mass is 35.5. The van der Waals surface area contributed by atoms with E-state index in [0.717, 1.165) is 11.1 Å². The molecule has 0 unspecified atom stereocenters. The smallest absolute Gasteiger partial charge is 0.182 e. The summed E-state index contributed by atoms with van der Waals surface area (Å²) in [6.07, 6.45) is 1.75. The van der Waals surface area contributed by atoms with Gasteiger partial charge in [0.2, 0.25) is 0 Å². The van der Waals surface area contributed by atoms with Gasteiger partial charge in [0.15, 0.2) is 9.84 Å². The zero-order valence-corrected chi connectivity index (χ0v) is 12.4. The van der Waals surface area contributed by atoms with Crippen LogP contribution in [0.25, 0.3) is 5.57 Å². The second-order valence-corrected chi connectivity index (χ2v) is 6.62. The highest BCUT2D eigenvalue weighted by Gasteiger charge is 2.17. The van der Waals surface area contributed by atoms with Gasteiger partial charge < -0.3 is 0 Å². The standard InChI is InChI=1S/C16H15ClO2S/c17-12-11-15(14-7-3-1-4-8-14)13-20(18,19)16-9-5-2-6-10-16/h1-11H,12-13H2/b15-11+. The van der Waals surface area contributed by atoms with Crippen LogP contribution in [0.2, 0.25) is 0 Å². The first kappa shape index (κ1) is 14.8. The Bertz CT molecular complexity index is 677. The lowest BCUT2D eigenvalue weighted by Crippen LogP contribution is -2.08. The molecular weight excluding hydrogens is 292 g/mol. The van der Waals surface area contributed by atoms with Crippen LogP contribution in [0.5, 0.6) is 0 Å². The molecule has 0 N–H and O–H groups in total. The molecule has 0 fully saturated rings. The Hall–Kier alpha value is -1.58. The average Bonchev–Trinajstić information content (AvgIpc) is 2.48. The van der Waals surface area contributed by atoms with Crippen molar-refractivity contribution in [2.45, 2.75) is 4.90 Å². The number of hydrogen-bond acceptors (Lipinski definition) is 2. The van der Waals surface area contributed by atoms with Crippen LogP contribution in [-0.2, 0) is 9.84 Å². The van der Waals surface area contributed by atoms with Gasteiger partial charge in [-0.15, -0.1) is 11.6 Å². The number of sulfone groups is 1. The van der Waals surface area contributed by atoms with E-state index in [2.05, 4.69) is 0 Å². The van der Waals surface area contributed by atoms with Crippen molar-refractivity contribution in [3.63, 3.8) is 0 Å². The SMILES string of the molecule is O=S(=O)(C/C(=C\CCl)c1ccccc1)c1ccccc1. The van der Waals surface area contributed by atoms with Gasteiger partial charge >= 0.3 is 0 Å². The van der Waals surface area contributed by atoms with E-state index in [-0.39, 0.29) is 11.6 Å². The molecule has 0 aliphatic carbocycles. The van der Waals surface area contributed by atoms with Crippen molar-refractivity contribution in [2.75, 3.05) is 11.6 Å². The zero-order chi connectivity index (χ0) is 14.4. The summed E-state index contributed by atoms with van der Waals surface area (Å²) < 4.78 is 24.8. The first-order valence-electron chi connectivity index (χ1n) is 6.22. The molecule has 2 aromatic carbocycles. The van der Waals surface area contributed by atoms with E-state index in [1.54, 1.807) is 36.4 Å². The predicted octanol–water partition coefficient (Wildman–Crippen LogP) is 3.78. The van der Waals surface area contributed by atoms with Gasteiger partial charge in [-0.25, -0.2) is 8.42 Å². The highest BCUT2D eigenvalue weighted by molar-refractivity contribution is 7.91. The van der Waals surface area contributed by atoms with Crippen molar-refractivity contribution in [1.29, 1.82) is 0 Å². The van der Waals surface area contributed by atoms with E-state index in [0.29, 0.717) is 4.90 Å². The lowest BCUT2D eigenvalue weighted by Gasteiger charge is -2.09. The molecule has 0 saturated carbocycles. The summed E-state index contributed by atoms with van der Waals surface area (Å²) in [6, 6.07) is 17.9. The first-order valence-corrected chi connectivity index (χ1v) is 8.40. The van der Waals surface area contributed by atoms with Gasteiger partial charge in [0.1, 0.15) is 0 Å². The van der Waals surface area contributed by atoms with E-state index in [4.69, 9.17) is 11.6 Å². The monoisotopic (exact) mass is 306 g/mol. The fourth-order valence-electron chi connectivity index (χ4n) is 1.92. The molecule has 0 bridgehead atoms. The van der Waals surface area contributed by atoms with Gasteiger partial charge in [-0.3, -0.25) is 0 Å². The fourth-order valence-corrected chi connectivity index (χ4v) is 3.54. The predicted molar refractivity (Wildman–Crippen MR) is 83.6 cm³/mol. The Labute approximate surface area is 124 Å². The molecule has 0 aliphatic rings. The number of allylic oxidation sites excluding steroid dienone is 1. The van der Waals surface area contributed by atoms with Crippen LogP contribution in [0, 0.1) is 0 Å². The molecule has 0 aromatic heterocycles. The van der Waals surface area contributed by atoms with Crippen LogP contribution in [0.3, 0.4) is 0 Å². The van der Waals surface area contributed by atoms with E-state index in [1.165, 1.54) is 0 Å². The van der Waals surface area contributed by atoms with Crippen LogP contribution in [-0.4, -0.2) is 20.1 Å². The van der Waals surface area contributed by atoms with Crippen LogP contribution in [0.1, 0.15) is 5.56 Å². The third-order valence-corrected chi connectivity index (χ3v) is 4.75. The molecule has 104 valence electrons. The molecule has 0 spiro atoms. The van der Waals surface area contributed by atoms with Crippen molar-refractivity contribution >= 4 is 27.0 Å².